The number of nitrogens with zero attached hydrogens (tertiary/aromatic N) is 2. The highest BCUT2D eigenvalue weighted by Gasteiger charge is 2.16. The van der Waals surface area contributed by atoms with Gasteiger partial charge in [0.2, 0.25) is 5.91 Å². The van der Waals surface area contributed by atoms with Gasteiger partial charge in [-0.25, -0.2) is 4.39 Å². The number of carbonyl (C=O) groups is 1. The molecule has 0 N–H and O–H groups in total. The highest BCUT2D eigenvalue weighted by atomic mass is 19.1. The first-order chi connectivity index (χ1) is 17.0. The molecule has 184 valence electrons. The van der Waals surface area contributed by atoms with Gasteiger partial charge in [-0.2, -0.15) is 0 Å². The summed E-state index contributed by atoms with van der Waals surface area (Å²) in [7, 11) is 1.91. The molecule has 4 rings (SSSR count). The Hall–Kier alpha value is -3.38. The van der Waals surface area contributed by atoms with Gasteiger partial charge in [0.25, 0.3) is 0 Å². The van der Waals surface area contributed by atoms with Gasteiger partial charge >= 0.3 is 0 Å². The lowest BCUT2D eigenvalue weighted by molar-refractivity contribution is -0.132. The fraction of sp³-hybridized carbons (Fsp3) is 0.345. The highest BCUT2D eigenvalue weighted by molar-refractivity contribution is 5.77. The van der Waals surface area contributed by atoms with E-state index in [9.17, 15) is 9.18 Å². The minimum absolute atomic E-state index is 0.0669. The van der Waals surface area contributed by atoms with Gasteiger partial charge in [0.1, 0.15) is 18.2 Å². The van der Waals surface area contributed by atoms with E-state index in [4.69, 9.17) is 9.47 Å². The molecule has 3 aromatic rings. The molecule has 35 heavy (non-hydrogen) atoms. The van der Waals surface area contributed by atoms with E-state index in [1.807, 2.05) is 29.0 Å². The number of fused-ring (bicyclic) bond motifs is 3. The zero-order chi connectivity index (χ0) is 24.6. The minimum Gasteiger partial charge on any atom is -0.491 e. The summed E-state index contributed by atoms with van der Waals surface area (Å²) in [6.07, 6.45) is 1.13. The van der Waals surface area contributed by atoms with Crippen LogP contribution in [-0.2, 0) is 22.5 Å². The molecular formula is C29H33FN2O3. The van der Waals surface area contributed by atoms with Gasteiger partial charge in [-0.15, -0.1) is 0 Å². The molecule has 0 spiro atoms. The molecule has 0 saturated heterocycles. The van der Waals surface area contributed by atoms with Crippen LogP contribution >= 0.6 is 0 Å². The van der Waals surface area contributed by atoms with Crippen molar-refractivity contribution >= 4 is 11.6 Å². The van der Waals surface area contributed by atoms with E-state index < -0.39 is 0 Å². The lowest BCUT2D eigenvalue weighted by Crippen LogP contribution is -2.36. The Morgan fingerprint density at radius 2 is 1.80 bits per heavy atom. The number of amides is 1. The Labute approximate surface area is 207 Å². The topological polar surface area (TPSA) is 42.0 Å². The van der Waals surface area contributed by atoms with Crippen LogP contribution in [0.4, 0.5) is 10.1 Å². The van der Waals surface area contributed by atoms with Gasteiger partial charge in [-0.05, 0) is 53.9 Å². The number of halogens is 1. The first kappa shape index (κ1) is 24.7. The molecule has 1 heterocycles. The van der Waals surface area contributed by atoms with Gasteiger partial charge in [0.15, 0.2) is 0 Å². The molecule has 0 radical (unpaired) electrons. The van der Waals surface area contributed by atoms with Crippen LogP contribution in [0.25, 0.3) is 0 Å². The second-order valence-corrected chi connectivity index (χ2v) is 9.03. The predicted molar refractivity (Wildman–Crippen MR) is 136 cm³/mol. The fourth-order valence-corrected chi connectivity index (χ4v) is 4.29. The largest absolute Gasteiger partial charge is 0.491 e. The zero-order valence-electron chi connectivity index (χ0n) is 20.5. The number of hydrogen-bond acceptors (Lipinski definition) is 4. The Morgan fingerprint density at radius 1 is 1.00 bits per heavy atom. The van der Waals surface area contributed by atoms with Crippen LogP contribution in [0.3, 0.4) is 0 Å². The lowest BCUT2D eigenvalue weighted by Gasteiger charge is -2.26. The average molecular weight is 477 g/mol. The molecule has 0 fully saturated rings. The Bertz CT molecular complexity index is 1130. The molecule has 1 amide bonds. The number of hydrogen-bond donors (Lipinski definition) is 0. The standard InChI is InChI=1S/C29H33FN2O3/c1-22-6-11-28-25(18-22)20-23-4-3-5-24(19-23)21-32(14-15-34-16-17-35-28)29(33)12-13-31(2)27-9-7-26(30)8-10-27/h3-11,18-19H,12-17,20-21H2,1-2H3. The molecule has 0 unspecified atom stereocenters. The quantitative estimate of drug-likeness (QED) is 0.532. The lowest BCUT2D eigenvalue weighted by atomic mass is 10.00. The van der Waals surface area contributed by atoms with Crippen molar-refractivity contribution in [3.05, 3.63) is 94.8 Å². The van der Waals surface area contributed by atoms with E-state index in [1.165, 1.54) is 23.3 Å². The summed E-state index contributed by atoms with van der Waals surface area (Å²) >= 11 is 0. The first-order valence-corrected chi connectivity index (χ1v) is 12.1. The molecule has 1 aliphatic rings. The third kappa shape index (κ3) is 7.06. The molecule has 5 nitrogen and oxygen atoms in total. The van der Waals surface area contributed by atoms with E-state index >= 15 is 0 Å². The average Bonchev–Trinajstić information content (AvgIpc) is 2.85. The number of ether oxygens (including phenoxy) is 2. The minimum atomic E-state index is -0.268. The van der Waals surface area contributed by atoms with Crippen molar-refractivity contribution in [2.45, 2.75) is 26.3 Å². The fourth-order valence-electron chi connectivity index (χ4n) is 4.29. The number of rotatable bonds is 4. The van der Waals surface area contributed by atoms with Crippen LogP contribution in [0.5, 0.6) is 5.75 Å². The van der Waals surface area contributed by atoms with E-state index in [0.717, 1.165) is 29.0 Å². The number of carbonyl (C=O) groups excluding carboxylic acids is 1. The van der Waals surface area contributed by atoms with Crippen molar-refractivity contribution in [3.63, 3.8) is 0 Å². The summed E-state index contributed by atoms with van der Waals surface area (Å²) in [5, 5.41) is 0. The summed E-state index contributed by atoms with van der Waals surface area (Å²) in [6.45, 7) is 5.06. The second-order valence-electron chi connectivity index (χ2n) is 9.03. The van der Waals surface area contributed by atoms with Crippen LogP contribution in [0, 0.1) is 12.7 Å². The third-order valence-corrected chi connectivity index (χ3v) is 6.25. The smallest absolute Gasteiger partial charge is 0.224 e. The first-order valence-electron chi connectivity index (χ1n) is 12.1. The summed E-state index contributed by atoms with van der Waals surface area (Å²) < 4.78 is 25.0. The number of aryl methyl sites for hydroxylation is 1. The molecule has 0 aliphatic carbocycles. The molecule has 0 saturated carbocycles. The van der Waals surface area contributed by atoms with Crippen LogP contribution in [-0.4, -0.2) is 50.8 Å². The van der Waals surface area contributed by atoms with Gasteiger partial charge in [0, 0.05) is 45.2 Å². The maximum atomic E-state index is 13.2. The molecule has 6 heteroatoms. The van der Waals surface area contributed by atoms with E-state index in [-0.39, 0.29) is 11.7 Å². The third-order valence-electron chi connectivity index (χ3n) is 6.25. The van der Waals surface area contributed by atoms with Crippen molar-refractivity contribution in [2.24, 2.45) is 0 Å². The van der Waals surface area contributed by atoms with Gasteiger partial charge < -0.3 is 19.3 Å². The summed E-state index contributed by atoms with van der Waals surface area (Å²) in [5.41, 5.74) is 5.51. The maximum absolute atomic E-state index is 13.2. The number of benzene rings is 3. The summed E-state index contributed by atoms with van der Waals surface area (Å²) in [6, 6.07) is 21.0. The predicted octanol–water partition coefficient (Wildman–Crippen LogP) is 4.99. The Morgan fingerprint density at radius 3 is 2.63 bits per heavy atom. The monoisotopic (exact) mass is 476 g/mol. The van der Waals surface area contributed by atoms with E-state index in [0.29, 0.717) is 45.9 Å². The molecule has 0 atom stereocenters. The number of anilines is 1. The zero-order valence-corrected chi connectivity index (χ0v) is 20.5. The van der Waals surface area contributed by atoms with E-state index in [1.54, 1.807) is 12.1 Å². The van der Waals surface area contributed by atoms with Crippen molar-refractivity contribution in [2.75, 3.05) is 44.9 Å². The van der Waals surface area contributed by atoms with E-state index in [2.05, 4.69) is 37.3 Å². The van der Waals surface area contributed by atoms with Gasteiger partial charge in [-0.1, -0.05) is 42.0 Å². The molecule has 0 aromatic heterocycles. The van der Waals surface area contributed by atoms with Crippen LogP contribution in [0.2, 0.25) is 0 Å². The van der Waals surface area contributed by atoms with Gasteiger partial charge in [0.05, 0.1) is 13.2 Å². The Balaban J connectivity index is 1.47. The Kier molecular flexibility index (Phi) is 8.37. The van der Waals surface area contributed by atoms with Crippen molar-refractivity contribution < 1.29 is 18.7 Å². The highest BCUT2D eigenvalue weighted by Crippen LogP contribution is 2.24. The second kappa shape index (κ2) is 11.8. The van der Waals surface area contributed by atoms with Crippen molar-refractivity contribution in [1.82, 2.24) is 4.90 Å². The van der Waals surface area contributed by atoms with Gasteiger partial charge in [-0.3, -0.25) is 4.79 Å². The SMILES string of the molecule is Cc1ccc2c(c1)Cc1cccc(c1)CN(C(=O)CCN(C)c1ccc(F)cc1)CCOCCO2. The summed E-state index contributed by atoms with van der Waals surface area (Å²) in [5.74, 6) is 0.691. The molecule has 1 aliphatic heterocycles. The molecule has 3 aromatic carbocycles. The van der Waals surface area contributed by atoms with Crippen molar-refractivity contribution in [1.29, 1.82) is 0 Å². The summed E-state index contributed by atoms with van der Waals surface area (Å²) in [4.78, 5) is 17.0. The molecule has 2 bridgehead atoms. The van der Waals surface area contributed by atoms with Crippen LogP contribution in [0.1, 0.15) is 28.7 Å². The molecular weight excluding hydrogens is 443 g/mol. The normalized spacial score (nSPS) is 14.4. The van der Waals surface area contributed by atoms with Crippen LogP contribution < -0.4 is 9.64 Å². The van der Waals surface area contributed by atoms with Crippen molar-refractivity contribution in [3.8, 4) is 5.75 Å². The van der Waals surface area contributed by atoms with Crippen LogP contribution in [0.15, 0.2) is 66.7 Å². The maximum Gasteiger partial charge on any atom is 0.224 e.